The highest BCUT2D eigenvalue weighted by atomic mass is 16.5. The number of benzene rings is 2. The van der Waals surface area contributed by atoms with Crippen LogP contribution in [0.1, 0.15) is 35.2 Å². The summed E-state index contributed by atoms with van der Waals surface area (Å²) in [5.74, 6) is 2.19. The first kappa shape index (κ1) is 20.1. The molecule has 1 amide bonds. The minimum atomic E-state index is 0.0146. The summed E-state index contributed by atoms with van der Waals surface area (Å²) in [5, 5.41) is 0. The van der Waals surface area contributed by atoms with Crippen LogP contribution in [0.15, 0.2) is 42.5 Å². The zero-order valence-corrected chi connectivity index (χ0v) is 16.9. The molecular formula is C23H29NO4. The Kier molecular flexibility index (Phi) is 6.80. The Bertz CT molecular complexity index is 757. The van der Waals surface area contributed by atoms with Crippen LogP contribution in [0.2, 0.25) is 0 Å². The number of hydrogen-bond acceptors (Lipinski definition) is 4. The van der Waals surface area contributed by atoms with E-state index in [1.807, 2.05) is 4.90 Å². The van der Waals surface area contributed by atoms with Crippen LogP contribution in [0.5, 0.6) is 17.2 Å². The Hall–Kier alpha value is -2.69. The quantitative estimate of drug-likeness (QED) is 0.719. The second-order valence-corrected chi connectivity index (χ2v) is 7.17. The highest BCUT2D eigenvalue weighted by Gasteiger charge is 2.25. The van der Waals surface area contributed by atoms with Gasteiger partial charge in [-0.2, -0.15) is 0 Å². The van der Waals surface area contributed by atoms with Gasteiger partial charge in [0, 0.05) is 18.7 Å². The van der Waals surface area contributed by atoms with Crippen molar-refractivity contribution < 1.29 is 19.0 Å². The standard InChI is InChI=1S/C23H29NO4/c1-26-20-15-19(16-21(27-2)22(20)28-3)23(25)24-13-11-18(12-14-24)10-9-17-7-5-4-6-8-17/h4-8,15-16,18H,9-14H2,1-3H3. The van der Waals surface area contributed by atoms with Crippen molar-refractivity contribution in [2.45, 2.75) is 25.7 Å². The lowest BCUT2D eigenvalue weighted by atomic mass is 9.90. The van der Waals surface area contributed by atoms with Gasteiger partial charge in [-0.05, 0) is 49.3 Å². The maximum atomic E-state index is 13.0. The number of amides is 1. The van der Waals surface area contributed by atoms with E-state index in [2.05, 4.69) is 30.3 Å². The molecule has 0 atom stereocenters. The maximum absolute atomic E-state index is 13.0. The number of aryl methyl sites for hydroxylation is 1. The molecule has 0 bridgehead atoms. The van der Waals surface area contributed by atoms with E-state index in [1.54, 1.807) is 33.5 Å². The number of ether oxygens (including phenoxy) is 3. The number of piperidine rings is 1. The lowest BCUT2D eigenvalue weighted by Crippen LogP contribution is -2.38. The first-order chi connectivity index (χ1) is 13.7. The molecule has 1 fully saturated rings. The largest absolute Gasteiger partial charge is 0.493 e. The lowest BCUT2D eigenvalue weighted by Gasteiger charge is -2.32. The number of rotatable bonds is 7. The van der Waals surface area contributed by atoms with E-state index in [4.69, 9.17) is 14.2 Å². The van der Waals surface area contributed by atoms with Gasteiger partial charge in [0.1, 0.15) is 0 Å². The normalized spacial score (nSPS) is 14.6. The van der Waals surface area contributed by atoms with Crippen molar-refractivity contribution in [1.29, 1.82) is 0 Å². The lowest BCUT2D eigenvalue weighted by molar-refractivity contribution is 0.0686. The number of likely N-dealkylation sites (tertiary alicyclic amines) is 1. The fraction of sp³-hybridized carbons (Fsp3) is 0.435. The molecule has 0 saturated carbocycles. The molecular weight excluding hydrogens is 354 g/mol. The number of nitrogens with zero attached hydrogens (tertiary/aromatic N) is 1. The Morgan fingerprint density at radius 1 is 0.964 bits per heavy atom. The van der Waals surface area contributed by atoms with Gasteiger partial charge in [-0.25, -0.2) is 0 Å². The van der Waals surface area contributed by atoms with Crippen molar-refractivity contribution in [2.24, 2.45) is 5.92 Å². The Morgan fingerprint density at radius 3 is 2.11 bits per heavy atom. The fourth-order valence-electron chi connectivity index (χ4n) is 3.83. The summed E-state index contributed by atoms with van der Waals surface area (Å²) in [4.78, 5) is 14.9. The predicted molar refractivity (Wildman–Crippen MR) is 109 cm³/mol. The maximum Gasteiger partial charge on any atom is 0.254 e. The van der Waals surface area contributed by atoms with E-state index >= 15 is 0 Å². The molecule has 5 nitrogen and oxygen atoms in total. The van der Waals surface area contributed by atoms with Crippen molar-refractivity contribution in [3.63, 3.8) is 0 Å². The SMILES string of the molecule is COc1cc(C(=O)N2CCC(CCc3ccccc3)CC2)cc(OC)c1OC. The molecule has 150 valence electrons. The first-order valence-electron chi connectivity index (χ1n) is 9.79. The van der Waals surface area contributed by atoms with Crippen LogP contribution in [0.3, 0.4) is 0 Å². The van der Waals surface area contributed by atoms with Crippen molar-refractivity contribution >= 4 is 5.91 Å². The number of carbonyl (C=O) groups is 1. The third kappa shape index (κ3) is 4.58. The van der Waals surface area contributed by atoms with E-state index in [0.29, 0.717) is 28.7 Å². The van der Waals surface area contributed by atoms with Crippen molar-refractivity contribution in [2.75, 3.05) is 34.4 Å². The molecule has 5 heteroatoms. The number of methoxy groups -OCH3 is 3. The molecule has 1 heterocycles. The minimum Gasteiger partial charge on any atom is -0.493 e. The highest BCUT2D eigenvalue weighted by molar-refractivity contribution is 5.95. The summed E-state index contributed by atoms with van der Waals surface area (Å²) >= 11 is 0. The second kappa shape index (κ2) is 9.49. The van der Waals surface area contributed by atoms with E-state index < -0.39 is 0 Å². The van der Waals surface area contributed by atoms with Crippen molar-refractivity contribution in [3.8, 4) is 17.2 Å². The van der Waals surface area contributed by atoms with Gasteiger partial charge in [-0.3, -0.25) is 4.79 Å². The van der Waals surface area contributed by atoms with Crippen LogP contribution < -0.4 is 14.2 Å². The molecule has 0 unspecified atom stereocenters. The van der Waals surface area contributed by atoms with Crippen molar-refractivity contribution in [3.05, 3.63) is 53.6 Å². The van der Waals surface area contributed by atoms with Gasteiger partial charge in [0.05, 0.1) is 21.3 Å². The Labute approximate surface area is 167 Å². The molecule has 0 aliphatic carbocycles. The summed E-state index contributed by atoms with van der Waals surface area (Å²) in [6.45, 7) is 1.57. The molecule has 2 aromatic carbocycles. The molecule has 0 N–H and O–H groups in total. The zero-order valence-electron chi connectivity index (χ0n) is 16.9. The van der Waals surface area contributed by atoms with E-state index in [1.165, 1.54) is 12.0 Å². The van der Waals surface area contributed by atoms with Crippen LogP contribution in [0.4, 0.5) is 0 Å². The van der Waals surface area contributed by atoms with E-state index in [0.717, 1.165) is 32.4 Å². The molecule has 3 rings (SSSR count). The van der Waals surface area contributed by atoms with Gasteiger partial charge >= 0.3 is 0 Å². The predicted octanol–water partition coefficient (Wildman–Crippen LogP) is 4.20. The van der Waals surface area contributed by atoms with Gasteiger partial charge in [-0.1, -0.05) is 30.3 Å². The van der Waals surface area contributed by atoms with Crippen LogP contribution >= 0.6 is 0 Å². The summed E-state index contributed by atoms with van der Waals surface area (Å²) < 4.78 is 16.1. The smallest absolute Gasteiger partial charge is 0.254 e. The Morgan fingerprint density at radius 2 is 1.57 bits per heavy atom. The summed E-state index contributed by atoms with van der Waals surface area (Å²) in [6.07, 6.45) is 4.37. The minimum absolute atomic E-state index is 0.0146. The third-order valence-corrected chi connectivity index (χ3v) is 5.50. The van der Waals surface area contributed by atoms with Crippen molar-refractivity contribution in [1.82, 2.24) is 4.90 Å². The molecule has 0 spiro atoms. The summed E-state index contributed by atoms with van der Waals surface area (Å²) in [7, 11) is 4.68. The van der Waals surface area contributed by atoms with Gasteiger partial charge in [-0.15, -0.1) is 0 Å². The first-order valence-corrected chi connectivity index (χ1v) is 9.79. The molecule has 0 radical (unpaired) electrons. The molecule has 28 heavy (non-hydrogen) atoms. The average Bonchev–Trinajstić information content (AvgIpc) is 2.77. The Balaban J connectivity index is 1.60. The second-order valence-electron chi connectivity index (χ2n) is 7.17. The van der Waals surface area contributed by atoms with E-state index in [9.17, 15) is 4.79 Å². The highest BCUT2D eigenvalue weighted by Crippen LogP contribution is 2.38. The van der Waals surface area contributed by atoms with Crippen LogP contribution in [0, 0.1) is 5.92 Å². The number of hydrogen-bond donors (Lipinski definition) is 0. The fourth-order valence-corrected chi connectivity index (χ4v) is 3.83. The molecule has 1 aliphatic heterocycles. The summed E-state index contributed by atoms with van der Waals surface area (Å²) in [5.41, 5.74) is 1.95. The summed E-state index contributed by atoms with van der Waals surface area (Å²) in [6, 6.07) is 14.1. The number of carbonyl (C=O) groups excluding carboxylic acids is 1. The van der Waals surface area contributed by atoms with Gasteiger partial charge in [0.15, 0.2) is 11.5 Å². The topological polar surface area (TPSA) is 48.0 Å². The van der Waals surface area contributed by atoms with Gasteiger partial charge in [0.25, 0.3) is 5.91 Å². The third-order valence-electron chi connectivity index (χ3n) is 5.50. The molecule has 1 saturated heterocycles. The molecule has 1 aliphatic rings. The zero-order chi connectivity index (χ0) is 19.9. The van der Waals surface area contributed by atoms with Gasteiger partial charge < -0.3 is 19.1 Å². The molecule has 0 aromatic heterocycles. The monoisotopic (exact) mass is 383 g/mol. The average molecular weight is 383 g/mol. The van der Waals surface area contributed by atoms with Crippen LogP contribution in [-0.2, 0) is 6.42 Å². The van der Waals surface area contributed by atoms with Crippen LogP contribution in [0.25, 0.3) is 0 Å². The van der Waals surface area contributed by atoms with E-state index in [-0.39, 0.29) is 5.91 Å². The molecule has 2 aromatic rings. The van der Waals surface area contributed by atoms with Gasteiger partial charge in [0.2, 0.25) is 5.75 Å². The van der Waals surface area contributed by atoms with Crippen LogP contribution in [-0.4, -0.2) is 45.2 Å².